The molecule has 134 valence electrons. The van der Waals surface area contributed by atoms with Crippen LogP contribution in [-0.2, 0) is 11.3 Å². The molecule has 3 aromatic rings. The number of benzene rings is 1. The largest absolute Gasteiger partial charge is 0.456 e. The van der Waals surface area contributed by atoms with Crippen LogP contribution in [-0.4, -0.2) is 17.5 Å². The molecule has 0 spiro atoms. The minimum Gasteiger partial charge on any atom is -0.456 e. The van der Waals surface area contributed by atoms with Crippen molar-refractivity contribution < 1.29 is 13.9 Å². The van der Waals surface area contributed by atoms with E-state index in [1.165, 1.54) is 17.4 Å². The summed E-state index contributed by atoms with van der Waals surface area (Å²) >= 11 is 7.45. The van der Waals surface area contributed by atoms with Gasteiger partial charge in [-0.25, -0.2) is 14.6 Å². The molecule has 1 N–H and O–H groups in total. The van der Waals surface area contributed by atoms with Crippen molar-refractivity contribution in [2.24, 2.45) is 0 Å². The molecule has 1 aromatic carbocycles. The van der Waals surface area contributed by atoms with Crippen LogP contribution in [0, 0.1) is 6.92 Å². The molecule has 0 saturated carbocycles. The zero-order valence-corrected chi connectivity index (χ0v) is 15.4. The lowest BCUT2D eigenvalue weighted by molar-refractivity contribution is 0.0468. The van der Waals surface area contributed by atoms with E-state index in [0.717, 1.165) is 5.56 Å². The Hall–Kier alpha value is -2.64. The highest BCUT2D eigenvalue weighted by molar-refractivity contribution is 7.13. The molecule has 6 nitrogen and oxygen atoms in total. The summed E-state index contributed by atoms with van der Waals surface area (Å²) < 4.78 is 10.5. The fourth-order valence-corrected chi connectivity index (χ4v) is 3.15. The van der Waals surface area contributed by atoms with Crippen molar-refractivity contribution in [1.82, 2.24) is 4.98 Å². The van der Waals surface area contributed by atoms with Crippen molar-refractivity contribution >= 4 is 45.0 Å². The number of aromatic nitrogens is 1. The number of hydrogen-bond acceptors (Lipinski definition) is 7. The summed E-state index contributed by atoms with van der Waals surface area (Å²) in [6.07, 6.45) is 1.69. The van der Waals surface area contributed by atoms with Crippen molar-refractivity contribution in [2.45, 2.75) is 13.5 Å². The summed E-state index contributed by atoms with van der Waals surface area (Å²) in [6.45, 7) is 5.88. The third-order valence-corrected chi connectivity index (χ3v) is 4.79. The maximum absolute atomic E-state index is 12.2. The summed E-state index contributed by atoms with van der Waals surface area (Å²) in [6, 6.07) is 4.67. The number of halogens is 1. The fourth-order valence-electron chi connectivity index (χ4n) is 2.29. The van der Waals surface area contributed by atoms with E-state index >= 15 is 0 Å². The number of nitrogens with zero attached hydrogens (tertiary/aromatic N) is 1. The molecule has 3 rings (SSSR count). The van der Waals surface area contributed by atoms with Crippen LogP contribution >= 0.6 is 22.9 Å². The lowest BCUT2D eigenvalue weighted by atomic mass is 10.1. The molecule has 0 amide bonds. The van der Waals surface area contributed by atoms with E-state index in [4.69, 9.17) is 20.8 Å². The fraction of sp³-hybridized carbons (Fsp3) is 0.167. The second-order valence-corrected chi connectivity index (χ2v) is 6.74. The highest BCUT2D eigenvalue weighted by atomic mass is 35.5. The number of ether oxygens (including phenoxy) is 1. The molecule has 8 heteroatoms. The summed E-state index contributed by atoms with van der Waals surface area (Å²) in [5.41, 5.74) is 1.39. The first kappa shape index (κ1) is 18.2. The van der Waals surface area contributed by atoms with Gasteiger partial charge in [0.15, 0.2) is 10.8 Å². The van der Waals surface area contributed by atoms with Gasteiger partial charge in [-0.2, -0.15) is 0 Å². The average molecular weight is 391 g/mol. The van der Waals surface area contributed by atoms with Crippen LogP contribution in [0.4, 0.5) is 5.13 Å². The summed E-state index contributed by atoms with van der Waals surface area (Å²) in [4.78, 5) is 28.1. The molecule has 0 unspecified atom stereocenters. The number of carbonyl (C=O) groups is 1. The summed E-state index contributed by atoms with van der Waals surface area (Å²) in [7, 11) is 0. The number of fused-ring (bicyclic) bond motifs is 1. The molecule has 2 heterocycles. The van der Waals surface area contributed by atoms with Gasteiger partial charge in [-0.05, 0) is 24.6 Å². The van der Waals surface area contributed by atoms with E-state index in [-0.39, 0.29) is 12.3 Å². The molecule has 0 fully saturated rings. The van der Waals surface area contributed by atoms with Gasteiger partial charge in [0.05, 0.1) is 0 Å². The van der Waals surface area contributed by atoms with E-state index in [1.807, 2.05) is 6.92 Å². The topological polar surface area (TPSA) is 81.4 Å². The Labute approximate surface area is 158 Å². The predicted molar refractivity (Wildman–Crippen MR) is 102 cm³/mol. The number of esters is 1. The first-order valence-electron chi connectivity index (χ1n) is 7.68. The van der Waals surface area contributed by atoms with E-state index in [0.29, 0.717) is 33.2 Å². The van der Waals surface area contributed by atoms with Crippen molar-refractivity contribution in [1.29, 1.82) is 0 Å². The molecule has 0 aliphatic rings. The Morgan fingerprint density at radius 3 is 3.04 bits per heavy atom. The smallest absolute Gasteiger partial charge is 0.358 e. The molecule has 0 bridgehead atoms. The van der Waals surface area contributed by atoms with Crippen LogP contribution in [0.15, 0.2) is 45.4 Å². The van der Waals surface area contributed by atoms with Gasteiger partial charge in [-0.3, -0.25) is 0 Å². The maximum Gasteiger partial charge on any atom is 0.358 e. The highest BCUT2D eigenvalue weighted by Crippen LogP contribution is 2.26. The molecular formula is C18H15ClN2O4S. The molecule has 0 aliphatic carbocycles. The minimum absolute atomic E-state index is 0.0900. The van der Waals surface area contributed by atoms with Gasteiger partial charge in [-0.1, -0.05) is 17.7 Å². The van der Waals surface area contributed by atoms with Gasteiger partial charge in [0.1, 0.15) is 12.2 Å². The zero-order valence-electron chi connectivity index (χ0n) is 13.9. The molecule has 0 aliphatic heterocycles. The zero-order chi connectivity index (χ0) is 18.7. The van der Waals surface area contributed by atoms with Crippen LogP contribution in [0.2, 0.25) is 5.02 Å². The number of thiazole rings is 1. The van der Waals surface area contributed by atoms with E-state index in [1.54, 1.807) is 23.6 Å². The van der Waals surface area contributed by atoms with E-state index < -0.39 is 11.6 Å². The molecule has 0 atom stereocenters. The predicted octanol–water partition coefficient (Wildman–Crippen LogP) is 4.17. The van der Waals surface area contributed by atoms with Crippen LogP contribution in [0.5, 0.6) is 0 Å². The standard InChI is InChI=1S/C18H15ClN2O4S/c1-3-4-20-18-21-14(9-26-18)17(23)24-8-11-6-16(22)25-15-5-10(2)13(19)7-12(11)15/h3,5-7,9H,1,4,8H2,2H3,(H,20,21). The first-order valence-corrected chi connectivity index (χ1v) is 8.94. The van der Waals surface area contributed by atoms with Crippen molar-refractivity contribution in [3.05, 3.63) is 68.5 Å². The Kier molecular flexibility index (Phi) is 5.39. The van der Waals surface area contributed by atoms with Gasteiger partial charge >= 0.3 is 11.6 Å². The van der Waals surface area contributed by atoms with Crippen LogP contribution in [0.3, 0.4) is 0 Å². The van der Waals surface area contributed by atoms with Gasteiger partial charge in [0.2, 0.25) is 0 Å². The number of nitrogens with one attached hydrogen (secondary N) is 1. The lowest BCUT2D eigenvalue weighted by Gasteiger charge is -2.08. The monoisotopic (exact) mass is 390 g/mol. The minimum atomic E-state index is -0.576. The molecule has 26 heavy (non-hydrogen) atoms. The van der Waals surface area contributed by atoms with Crippen LogP contribution in [0.25, 0.3) is 11.0 Å². The Morgan fingerprint density at radius 1 is 1.46 bits per heavy atom. The number of aryl methyl sites for hydroxylation is 1. The molecule has 0 saturated heterocycles. The second-order valence-electron chi connectivity index (χ2n) is 5.47. The average Bonchev–Trinajstić information content (AvgIpc) is 3.08. The Bertz CT molecular complexity index is 1040. The van der Waals surface area contributed by atoms with Gasteiger partial charge in [0, 0.05) is 34.0 Å². The Morgan fingerprint density at radius 2 is 2.27 bits per heavy atom. The van der Waals surface area contributed by atoms with Crippen molar-refractivity contribution in [2.75, 3.05) is 11.9 Å². The Balaban J connectivity index is 1.80. The van der Waals surface area contributed by atoms with Crippen molar-refractivity contribution in [3.63, 3.8) is 0 Å². The van der Waals surface area contributed by atoms with Crippen molar-refractivity contribution in [3.8, 4) is 0 Å². The second kappa shape index (κ2) is 7.72. The third-order valence-electron chi connectivity index (χ3n) is 3.58. The van der Waals surface area contributed by atoms with E-state index in [2.05, 4.69) is 16.9 Å². The summed E-state index contributed by atoms with van der Waals surface area (Å²) in [5.74, 6) is -0.576. The summed E-state index contributed by atoms with van der Waals surface area (Å²) in [5, 5.41) is 6.37. The van der Waals surface area contributed by atoms with Gasteiger partial charge < -0.3 is 14.5 Å². The number of rotatable bonds is 6. The normalized spacial score (nSPS) is 10.7. The molecule has 0 radical (unpaired) electrons. The number of anilines is 1. The highest BCUT2D eigenvalue weighted by Gasteiger charge is 2.14. The first-order chi connectivity index (χ1) is 12.5. The number of carbonyl (C=O) groups excluding carboxylic acids is 1. The SMILES string of the molecule is C=CCNc1nc(C(=O)OCc2cc(=O)oc3cc(C)c(Cl)cc23)cs1. The quantitative estimate of drug-likeness (QED) is 0.386. The van der Waals surface area contributed by atoms with Crippen LogP contribution in [0.1, 0.15) is 21.6 Å². The maximum atomic E-state index is 12.2. The van der Waals surface area contributed by atoms with Crippen LogP contribution < -0.4 is 10.9 Å². The third kappa shape index (κ3) is 3.95. The van der Waals surface area contributed by atoms with Gasteiger partial charge in [0.25, 0.3) is 0 Å². The molecule has 2 aromatic heterocycles. The lowest BCUT2D eigenvalue weighted by Crippen LogP contribution is -2.08. The molecular weight excluding hydrogens is 376 g/mol. The van der Waals surface area contributed by atoms with E-state index in [9.17, 15) is 9.59 Å². The van der Waals surface area contributed by atoms with Gasteiger partial charge in [-0.15, -0.1) is 17.9 Å². The number of hydrogen-bond donors (Lipinski definition) is 1.